The molecule has 0 fully saturated rings. The van der Waals surface area contributed by atoms with Crippen molar-refractivity contribution in [2.24, 2.45) is 0 Å². The highest BCUT2D eigenvalue weighted by molar-refractivity contribution is 6.03. The number of rotatable bonds is 4. The van der Waals surface area contributed by atoms with Gasteiger partial charge in [0.1, 0.15) is 17.8 Å². The van der Waals surface area contributed by atoms with E-state index in [0.29, 0.717) is 11.5 Å². The Balaban J connectivity index is 1.79. The van der Waals surface area contributed by atoms with E-state index >= 15 is 0 Å². The number of anilines is 3. The summed E-state index contributed by atoms with van der Waals surface area (Å²) in [7, 11) is 0. The largest absolute Gasteiger partial charge is 0.340 e. The van der Waals surface area contributed by atoms with E-state index < -0.39 is 0 Å². The molecule has 0 aliphatic carbocycles. The Hall–Kier alpha value is -3.21. The van der Waals surface area contributed by atoms with E-state index in [2.05, 4.69) is 20.6 Å². The Morgan fingerprint density at radius 2 is 1.50 bits per heavy atom. The van der Waals surface area contributed by atoms with Crippen LogP contribution in [0.15, 0.2) is 60.9 Å². The third-order valence-corrected chi connectivity index (χ3v) is 3.70. The number of benzene rings is 2. The number of nitrogens with one attached hydrogen (secondary N) is 2. The van der Waals surface area contributed by atoms with E-state index in [1.165, 1.54) is 6.33 Å². The van der Waals surface area contributed by atoms with Crippen LogP contribution in [-0.2, 0) is 0 Å². The van der Waals surface area contributed by atoms with Crippen molar-refractivity contribution in [1.82, 2.24) is 9.97 Å². The van der Waals surface area contributed by atoms with Crippen LogP contribution >= 0.6 is 0 Å². The summed E-state index contributed by atoms with van der Waals surface area (Å²) in [6, 6.07) is 17.2. The number of hydrogen-bond acceptors (Lipinski definition) is 4. The maximum Gasteiger partial charge on any atom is 0.274 e. The van der Waals surface area contributed by atoms with Crippen molar-refractivity contribution in [3.8, 4) is 0 Å². The molecule has 3 aromatic rings. The fourth-order valence-electron chi connectivity index (χ4n) is 2.30. The zero-order valence-corrected chi connectivity index (χ0v) is 13.6. The molecule has 0 radical (unpaired) electrons. The van der Waals surface area contributed by atoms with Crippen LogP contribution in [-0.4, -0.2) is 15.9 Å². The highest BCUT2D eigenvalue weighted by atomic mass is 16.1. The number of hydrogen-bond donors (Lipinski definition) is 2. The van der Waals surface area contributed by atoms with Gasteiger partial charge in [0.05, 0.1) is 0 Å². The van der Waals surface area contributed by atoms with Crippen molar-refractivity contribution < 1.29 is 4.79 Å². The average Bonchev–Trinajstić information content (AvgIpc) is 2.59. The minimum atomic E-state index is -0.264. The first-order valence-corrected chi connectivity index (χ1v) is 7.65. The molecule has 2 aromatic carbocycles. The molecule has 0 saturated carbocycles. The second-order valence-corrected chi connectivity index (χ2v) is 5.50. The third kappa shape index (κ3) is 3.57. The first-order chi connectivity index (χ1) is 11.6. The molecule has 3 rings (SSSR count). The van der Waals surface area contributed by atoms with Gasteiger partial charge in [-0.2, -0.15) is 0 Å². The highest BCUT2D eigenvalue weighted by Crippen LogP contribution is 2.19. The van der Waals surface area contributed by atoms with Crippen molar-refractivity contribution >= 4 is 23.1 Å². The summed E-state index contributed by atoms with van der Waals surface area (Å²) < 4.78 is 0. The Morgan fingerprint density at radius 1 is 0.875 bits per heavy atom. The topological polar surface area (TPSA) is 66.9 Å². The second kappa shape index (κ2) is 6.91. The van der Waals surface area contributed by atoms with E-state index in [0.717, 1.165) is 22.5 Å². The first kappa shape index (κ1) is 15.7. The zero-order chi connectivity index (χ0) is 16.9. The van der Waals surface area contributed by atoms with Crippen LogP contribution in [0.2, 0.25) is 0 Å². The van der Waals surface area contributed by atoms with E-state index in [-0.39, 0.29) is 5.91 Å². The van der Waals surface area contributed by atoms with Crippen LogP contribution < -0.4 is 10.6 Å². The quantitative estimate of drug-likeness (QED) is 0.760. The van der Waals surface area contributed by atoms with E-state index in [9.17, 15) is 4.79 Å². The molecule has 0 atom stereocenters. The minimum Gasteiger partial charge on any atom is -0.340 e. The van der Waals surface area contributed by atoms with Crippen LogP contribution in [0.25, 0.3) is 0 Å². The lowest BCUT2D eigenvalue weighted by atomic mass is 10.2. The standard InChI is InChI=1S/C19H18N4O/c1-13-7-3-5-9-15(13)22-18-11-17(20-12-21-18)19(24)23-16-10-6-4-8-14(16)2/h3-12H,1-2H3,(H,23,24)(H,20,21,22). The van der Waals surface area contributed by atoms with E-state index in [1.807, 2.05) is 62.4 Å². The van der Waals surface area contributed by atoms with Gasteiger partial charge in [0.15, 0.2) is 0 Å². The smallest absolute Gasteiger partial charge is 0.274 e. The van der Waals surface area contributed by atoms with Crippen LogP contribution in [0.3, 0.4) is 0 Å². The van der Waals surface area contributed by atoms with Gasteiger partial charge in [-0.05, 0) is 37.1 Å². The van der Waals surface area contributed by atoms with E-state index in [4.69, 9.17) is 0 Å². The number of nitrogens with zero attached hydrogens (tertiary/aromatic N) is 2. The van der Waals surface area contributed by atoms with Crippen molar-refractivity contribution in [2.75, 3.05) is 10.6 Å². The van der Waals surface area contributed by atoms with Gasteiger partial charge < -0.3 is 10.6 Å². The van der Waals surface area contributed by atoms with Gasteiger partial charge in [0, 0.05) is 17.4 Å². The van der Waals surface area contributed by atoms with Gasteiger partial charge in [0.2, 0.25) is 0 Å². The Morgan fingerprint density at radius 3 is 2.17 bits per heavy atom. The molecule has 5 nitrogen and oxygen atoms in total. The molecule has 5 heteroatoms. The molecule has 120 valence electrons. The maximum atomic E-state index is 12.4. The fourth-order valence-corrected chi connectivity index (χ4v) is 2.30. The van der Waals surface area contributed by atoms with Gasteiger partial charge in [-0.25, -0.2) is 9.97 Å². The van der Waals surface area contributed by atoms with Crippen molar-refractivity contribution in [3.63, 3.8) is 0 Å². The lowest BCUT2D eigenvalue weighted by molar-refractivity contribution is 0.102. The first-order valence-electron chi connectivity index (χ1n) is 7.65. The van der Waals surface area contributed by atoms with Gasteiger partial charge in [0.25, 0.3) is 5.91 Å². The van der Waals surface area contributed by atoms with E-state index in [1.54, 1.807) is 6.07 Å². The molecule has 1 heterocycles. The molecule has 2 N–H and O–H groups in total. The summed E-state index contributed by atoms with van der Waals surface area (Å²) in [6.07, 6.45) is 1.38. The zero-order valence-electron chi connectivity index (χ0n) is 13.6. The molecule has 1 amide bonds. The average molecular weight is 318 g/mol. The minimum absolute atomic E-state index is 0.264. The Kier molecular flexibility index (Phi) is 4.52. The molecule has 1 aromatic heterocycles. The number of carbonyl (C=O) groups is 1. The molecule has 0 unspecified atom stereocenters. The Labute approximate surface area is 140 Å². The van der Waals surface area contributed by atoms with Gasteiger partial charge in [-0.3, -0.25) is 4.79 Å². The van der Waals surface area contributed by atoms with Gasteiger partial charge in [-0.15, -0.1) is 0 Å². The molecule has 0 spiro atoms. The molecule has 0 aliphatic heterocycles. The fraction of sp³-hybridized carbons (Fsp3) is 0.105. The number of para-hydroxylation sites is 2. The molecular formula is C19H18N4O. The summed E-state index contributed by atoms with van der Waals surface area (Å²) in [5.74, 6) is 0.314. The third-order valence-electron chi connectivity index (χ3n) is 3.70. The molecule has 0 aliphatic rings. The summed E-state index contributed by atoms with van der Waals surface area (Å²) in [6.45, 7) is 3.95. The van der Waals surface area contributed by atoms with Crippen LogP contribution in [0.1, 0.15) is 21.6 Å². The molecule has 0 bridgehead atoms. The van der Waals surface area contributed by atoms with Crippen molar-refractivity contribution in [3.05, 3.63) is 77.7 Å². The highest BCUT2D eigenvalue weighted by Gasteiger charge is 2.10. The predicted octanol–water partition coefficient (Wildman–Crippen LogP) is 4.09. The maximum absolute atomic E-state index is 12.4. The van der Waals surface area contributed by atoms with Crippen molar-refractivity contribution in [1.29, 1.82) is 0 Å². The van der Waals surface area contributed by atoms with Gasteiger partial charge in [-0.1, -0.05) is 36.4 Å². The lowest BCUT2D eigenvalue weighted by Crippen LogP contribution is -2.15. The molecule has 24 heavy (non-hydrogen) atoms. The second-order valence-electron chi connectivity index (χ2n) is 5.50. The summed E-state index contributed by atoms with van der Waals surface area (Å²) in [5.41, 5.74) is 4.13. The summed E-state index contributed by atoms with van der Waals surface area (Å²) in [5, 5.41) is 6.08. The number of aryl methyl sites for hydroxylation is 2. The van der Waals surface area contributed by atoms with Crippen LogP contribution in [0.5, 0.6) is 0 Å². The monoisotopic (exact) mass is 318 g/mol. The normalized spacial score (nSPS) is 10.2. The molecular weight excluding hydrogens is 300 g/mol. The van der Waals surface area contributed by atoms with Crippen LogP contribution in [0.4, 0.5) is 17.2 Å². The number of aromatic nitrogens is 2. The van der Waals surface area contributed by atoms with Crippen molar-refractivity contribution in [2.45, 2.75) is 13.8 Å². The summed E-state index contributed by atoms with van der Waals surface area (Å²) >= 11 is 0. The van der Waals surface area contributed by atoms with Crippen LogP contribution in [0, 0.1) is 13.8 Å². The predicted molar refractivity (Wildman–Crippen MR) is 95.6 cm³/mol. The molecule has 0 saturated heterocycles. The Bertz CT molecular complexity index is 877. The number of amides is 1. The van der Waals surface area contributed by atoms with Gasteiger partial charge >= 0.3 is 0 Å². The SMILES string of the molecule is Cc1ccccc1NC(=O)c1cc(Nc2ccccc2C)ncn1. The lowest BCUT2D eigenvalue weighted by Gasteiger charge is -2.10. The number of carbonyl (C=O) groups excluding carboxylic acids is 1. The summed E-state index contributed by atoms with van der Waals surface area (Å²) in [4.78, 5) is 20.7.